The zero-order chi connectivity index (χ0) is 13.3. The summed E-state index contributed by atoms with van der Waals surface area (Å²) in [5, 5.41) is 6.14. The molecule has 0 radical (unpaired) electrons. The van der Waals surface area contributed by atoms with E-state index in [4.69, 9.17) is 4.74 Å². The zero-order valence-electron chi connectivity index (χ0n) is 11.9. The smallest absolute Gasteiger partial charge is 0.237 e. The molecule has 0 aromatic rings. The lowest BCUT2D eigenvalue weighted by Crippen LogP contribution is -2.46. The summed E-state index contributed by atoms with van der Waals surface area (Å²) in [5.41, 5.74) is 0. The molecule has 4 heteroatoms. The highest BCUT2D eigenvalue weighted by molar-refractivity contribution is 5.81. The quantitative estimate of drug-likeness (QED) is 0.607. The molecule has 2 unspecified atom stereocenters. The van der Waals surface area contributed by atoms with Crippen molar-refractivity contribution >= 4 is 5.91 Å². The monoisotopic (exact) mass is 244 g/mol. The first-order valence-electron chi connectivity index (χ1n) is 6.62. The molecule has 2 N–H and O–H groups in total. The lowest BCUT2D eigenvalue weighted by Gasteiger charge is -2.18. The average Bonchev–Trinajstić information content (AvgIpc) is 2.23. The predicted octanol–water partition coefficient (Wildman–Crippen LogP) is 1.69. The Balaban J connectivity index is 3.67. The largest absolute Gasteiger partial charge is 0.377 e. The molecule has 102 valence electrons. The lowest BCUT2D eigenvalue weighted by molar-refractivity contribution is -0.123. The zero-order valence-corrected chi connectivity index (χ0v) is 11.9. The molecule has 0 aliphatic rings. The Labute approximate surface area is 105 Å². The van der Waals surface area contributed by atoms with E-state index in [9.17, 15) is 4.79 Å². The summed E-state index contributed by atoms with van der Waals surface area (Å²) in [6.45, 7) is 11.4. The van der Waals surface area contributed by atoms with Gasteiger partial charge in [-0.05, 0) is 34.1 Å². The summed E-state index contributed by atoms with van der Waals surface area (Å²) in [5.74, 6) is 0.0653. The summed E-state index contributed by atoms with van der Waals surface area (Å²) in [6.07, 6.45) is 2.35. The van der Waals surface area contributed by atoms with Crippen LogP contribution in [0.25, 0.3) is 0 Å². The van der Waals surface area contributed by atoms with Gasteiger partial charge < -0.3 is 15.4 Å². The first kappa shape index (κ1) is 16.4. The van der Waals surface area contributed by atoms with E-state index in [0.717, 1.165) is 12.8 Å². The molecule has 0 rings (SSSR count). The Morgan fingerprint density at radius 2 is 1.88 bits per heavy atom. The van der Waals surface area contributed by atoms with Crippen molar-refractivity contribution in [2.45, 2.75) is 65.6 Å². The van der Waals surface area contributed by atoms with Gasteiger partial charge in [-0.1, -0.05) is 13.3 Å². The van der Waals surface area contributed by atoms with Crippen molar-refractivity contribution in [2.24, 2.45) is 0 Å². The molecule has 2 atom stereocenters. The minimum Gasteiger partial charge on any atom is -0.377 e. The summed E-state index contributed by atoms with van der Waals surface area (Å²) < 4.78 is 5.40. The van der Waals surface area contributed by atoms with Crippen LogP contribution in [-0.4, -0.2) is 37.2 Å². The van der Waals surface area contributed by atoms with E-state index in [-0.39, 0.29) is 24.1 Å². The molecule has 0 aromatic heterocycles. The van der Waals surface area contributed by atoms with Crippen molar-refractivity contribution < 1.29 is 9.53 Å². The molecule has 0 saturated carbocycles. The maximum Gasteiger partial charge on any atom is 0.237 e. The summed E-state index contributed by atoms with van der Waals surface area (Å²) in [6, 6.07) is 0.0914. The fraction of sp³-hybridized carbons (Fsp3) is 0.923. The number of ether oxygens (including phenoxy) is 1. The third-order valence-electron chi connectivity index (χ3n) is 2.51. The molecule has 0 bridgehead atoms. The van der Waals surface area contributed by atoms with Crippen molar-refractivity contribution in [1.82, 2.24) is 10.6 Å². The van der Waals surface area contributed by atoms with Crippen molar-refractivity contribution in [3.63, 3.8) is 0 Å². The number of hydrogen-bond acceptors (Lipinski definition) is 3. The molecule has 17 heavy (non-hydrogen) atoms. The molecule has 0 saturated heterocycles. The predicted molar refractivity (Wildman–Crippen MR) is 71.1 cm³/mol. The van der Waals surface area contributed by atoms with E-state index < -0.39 is 0 Å². The van der Waals surface area contributed by atoms with Crippen molar-refractivity contribution in [3.8, 4) is 0 Å². The van der Waals surface area contributed by atoms with Gasteiger partial charge in [0.1, 0.15) is 0 Å². The van der Waals surface area contributed by atoms with Crippen LogP contribution < -0.4 is 10.6 Å². The van der Waals surface area contributed by atoms with Gasteiger partial charge in [0.05, 0.1) is 18.8 Å². The number of nitrogens with one attached hydrogen (secondary N) is 2. The van der Waals surface area contributed by atoms with Crippen LogP contribution in [0.5, 0.6) is 0 Å². The van der Waals surface area contributed by atoms with Crippen LogP contribution in [0.4, 0.5) is 0 Å². The van der Waals surface area contributed by atoms with Gasteiger partial charge in [0.2, 0.25) is 5.91 Å². The Morgan fingerprint density at radius 1 is 1.24 bits per heavy atom. The lowest BCUT2D eigenvalue weighted by atomic mass is 10.2. The van der Waals surface area contributed by atoms with E-state index in [2.05, 4.69) is 17.6 Å². The van der Waals surface area contributed by atoms with Crippen molar-refractivity contribution in [2.75, 3.05) is 13.2 Å². The van der Waals surface area contributed by atoms with E-state index in [0.29, 0.717) is 13.2 Å². The second kappa shape index (κ2) is 9.42. The molecule has 0 spiro atoms. The normalized spacial score (nSPS) is 14.7. The van der Waals surface area contributed by atoms with Gasteiger partial charge in [0.25, 0.3) is 0 Å². The third-order valence-corrected chi connectivity index (χ3v) is 2.51. The number of carbonyl (C=O) groups is 1. The molecule has 0 aliphatic heterocycles. The molecule has 0 aromatic carbocycles. The van der Waals surface area contributed by atoms with E-state index in [1.54, 1.807) is 0 Å². The van der Waals surface area contributed by atoms with Crippen LogP contribution in [0.2, 0.25) is 0 Å². The standard InChI is InChI=1S/C13H28N2O2/c1-6-7-11(4)15-13(16)12(5)14-8-9-17-10(2)3/h10-12,14H,6-9H2,1-5H3,(H,15,16). The second-order valence-electron chi connectivity index (χ2n) is 4.79. The Bertz CT molecular complexity index is 208. The number of carbonyl (C=O) groups excluding carboxylic acids is 1. The minimum absolute atomic E-state index is 0.0653. The maximum absolute atomic E-state index is 11.7. The maximum atomic E-state index is 11.7. The second-order valence-corrected chi connectivity index (χ2v) is 4.79. The number of rotatable bonds is 9. The van der Waals surface area contributed by atoms with Crippen molar-refractivity contribution in [1.29, 1.82) is 0 Å². The minimum atomic E-state index is -0.162. The van der Waals surface area contributed by atoms with Crippen molar-refractivity contribution in [3.05, 3.63) is 0 Å². The molecule has 0 heterocycles. The molecule has 4 nitrogen and oxygen atoms in total. The van der Waals surface area contributed by atoms with Gasteiger partial charge in [0.15, 0.2) is 0 Å². The number of hydrogen-bond donors (Lipinski definition) is 2. The van der Waals surface area contributed by atoms with E-state index >= 15 is 0 Å². The molecular weight excluding hydrogens is 216 g/mol. The molecular formula is C13H28N2O2. The Kier molecular flexibility index (Phi) is 9.09. The van der Waals surface area contributed by atoms with Crippen LogP contribution in [0.3, 0.4) is 0 Å². The number of amides is 1. The Hall–Kier alpha value is -0.610. The highest BCUT2D eigenvalue weighted by atomic mass is 16.5. The molecule has 1 amide bonds. The van der Waals surface area contributed by atoms with Crippen LogP contribution in [-0.2, 0) is 9.53 Å². The van der Waals surface area contributed by atoms with Gasteiger partial charge >= 0.3 is 0 Å². The average molecular weight is 244 g/mol. The highest BCUT2D eigenvalue weighted by Crippen LogP contribution is 1.95. The topological polar surface area (TPSA) is 50.4 Å². The summed E-state index contributed by atoms with van der Waals surface area (Å²) in [4.78, 5) is 11.7. The van der Waals surface area contributed by atoms with E-state index in [1.807, 2.05) is 27.7 Å². The van der Waals surface area contributed by atoms with Gasteiger partial charge in [-0.25, -0.2) is 0 Å². The van der Waals surface area contributed by atoms with Gasteiger partial charge in [-0.3, -0.25) is 4.79 Å². The summed E-state index contributed by atoms with van der Waals surface area (Å²) >= 11 is 0. The van der Waals surface area contributed by atoms with Gasteiger partial charge in [0, 0.05) is 12.6 Å². The van der Waals surface area contributed by atoms with Crippen LogP contribution >= 0.6 is 0 Å². The first-order valence-corrected chi connectivity index (χ1v) is 6.62. The molecule has 0 aliphatic carbocycles. The fourth-order valence-electron chi connectivity index (χ4n) is 1.54. The van der Waals surface area contributed by atoms with Crippen LogP contribution in [0.1, 0.15) is 47.5 Å². The van der Waals surface area contributed by atoms with Crippen LogP contribution in [0, 0.1) is 0 Å². The first-order chi connectivity index (χ1) is 7.97. The van der Waals surface area contributed by atoms with Gasteiger partial charge in [-0.15, -0.1) is 0 Å². The summed E-state index contributed by atoms with van der Waals surface area (Å²) in [7, 11) is 0. The van der Waals surface area contributed by atoms with E-state index in [1.165, 1.54) is 0 Å². The molecule has 0 fully saturated rings. The highest BCUT2D eigenvalue weighted by Gasteiger charge is 2.13. The van der Waals surface area contributed by atoms with Crippen LogP contribution in [0.15, 0.2) is 0 Å². The third kappa shape index (κ3) is 9.12. The Morgan fingerprint density at radius 3 is 2.41 bits per heavy atom. The fourth-order valence-corrected chi connectivity index (χ4v) is 1.54. The SMILES string of the molecule is CCCC(C)NC(=O)C(C)NCCOC(C)C. The van der Waals surface area contributed by atoms with Gasteiger partial charge in [-0.2, -0.15) is 0 Å².